The Morgan fingerprint density at radius 3 is 2.63 bits per heavy atom. The Labute approximate surface area is 153 Å². The van der Waals surface area contributed by atoms with Gasteiger partial charge in [-0.1, -0.05) is 5.16 Å². The van der Waals surface area contributed by atoms with Crippen LogP contribution in [0.3, 0.4) is 0 Å². The number of carbonyl (C=O) groups is 1. The first-order valence-electron chi connectivity index (χ1n) is 7.79. The average molecular weight is 377 g/mol. The predicted octanol–water partition coefficient (Wildman–Crippen LogP) is 3.54. The van der Waals surface area contributed by atoms with Crippen LogP contribution in [0.2, 0.25) is 0 Å². The first-order valence-corrected chi connectivity index (χ1v) is 7.79. The molecular formula is C17H16FN3O6. The highest BCUT2D eigenvalue weighted by atomic mass is 19.1. The monoisotopic (exact) mass is 377 g/mol. The number of aryl methyl sites for hydroxylation is 2. The molecule has 1 atom stereocenters. The van der Waals surface area contributed by atoms with E-state index in [0.29, 0.717) is 17.0 Å². The third-order valence-corrected chi connectivity index (χ3v) is 3.85. The number of hydrogen-bond acceptors (Lipinski definition) is 7. The molecule has 0 radical (unpaired) electrons. The number of ether oxygens (including phenoxy) is 2. The third-order valence-electron chi connectivity index (χ3n) is 3.85. The molecule has 9 nitrogen and oxygen atoms in total. The molecule has 1 aromatic heterocycles. The van der Waals surface area contributed by atoms with Gasteiger partial charge < -0.3 is 14.0 Å². The molecule has 2 rings (SSSR count). The van der Waals surface area contributed by atoms with Gasteiger partial charge in [-0.3, -0.25) is 15.0 Å². The van der Waals surface area contributed by atoms with E-state index in [2.05, 4.69) is 10.0 Å². The van der Waals surface area contributed by atoms with E-state index in [9.17, 15) is 14.9 Å². The molecule has 27 heavy (non-hydrogen) atoms. The van der Waals surface area contributed by atoms with Crippen molar-refractivity contribution in [1.82, 2.24) is 5.16 Å². The number of esters is 1. The third kappa shape index (κ3) is 3.44. The maximum Gasteiger partial charge on any atom is 0.395 e. The fraction of sp³-hybridized carbons (Fsp3) is 0.353. The normalized spacial score (nSPS) is 11.6. The van der Waals surface area contributed by atoms with Crippen molar-refractivity contribution >= 4 is 11.7 Å². The minimum atomic E-state index is -1.84. The number of rotatable bonds is 6. The number of nitro benzene ring substituents is 1. The number of hydrogen-bond donors (Lipinski definition) is 0. The molecule has 0 aliphatic carbocycles. The quantitative estimate of drug-likeness (QED) is 0.328. The minimum Gasteiger partial charge on any atom is -0.493 e. The highest BCUT2D eigenvalue weighted by Gasteiger charge is 2.41. The number of carbonyl (C=O) groups excluding carboxylic acids is 1. The number of aromatic nitrogens is 1. The zero-order valence-electron chi connectivity index (χ0n) is 15.0. The SMILES string of the molecule is [C-]#[N+]C(C(=O)OCC)c1c([N+](=O)[O-])cc(-c2c(C)noc2C)c(OC)c1F. The Bertz CT molecular complexity index is 928. The summed E-state index contributed by atoms with van der Waals surface area (Å²) in [6.07, 6.45) is 0. The Balaban J connectivity index is 2.86. The molecule has 1 unspecified atom stereocenters. The van der Waals surface area contributed by atoms with E-state index in [1.54, 1.807) is 13.8 Å². The van der Waals surface area contributed by atoms with Crippen LogP contribution in [-0.2, 0) is 9.53 Å². The van der Waals surface area contributed by atoms with E-state index in [1.807, 2.05) is 0 Å². The fourth-order valence-electron chi connectivity index (χ4n) is 2.75. The molecule has 10 heteroatoms. The highest BCUT2D eigenvalue weighted by Crippen LogP contribution is 2.44. The molecule has 0 amide bonds. The van der Waals surface area contributed by atoms with Gasteiger partial charge in [0.05, 0.1) is 29.9 Å². The average Bonchev–Trinajstić information content (AvgIpc) is 2.95. The van der Waals surface area contributed by atoms with Crippen molar-refractivity contribution in [3.63, 3.8) is 0 Å². The van der Waals surface area contributed by atoms with Gasteiger partial charge in [0.2, 0.25) is 0 Å². The molecule has 0 aliphatic heterocycles. The van der Waals surface area contributed by atoms with Crippen LogP contribution in [0.25, 0.3) is 16.0 Å². The lowest BCUT2D eigenvalue weighted by molar-refractivity contribution is -0.385. The smallest absolute Gasteiger partial charge is 0.395 e. The van der Waals surface area contributed by atoms with Crippen LogP contribution in [0.5, 0.6) is 5.75 Å². The standard InChI is InChI=1S/C17H16FN3O6/c1-6-26-17(22)15(19-4)13-11(21(23)24)7-10(16(25-5)14(13)18)12-8(2)20-27-9(12)3/h7,15H,6H2,1-3,5H3. The van der Waals surface area contributed by atoms with Crippen LogP contribution in [-0.4, -0.2) is 29.8 Å². The summed E-state index contributed by atoms with van der Waals surface area (Å²) in [6.45, 7) is 11.8. The van der Waals surface area contributed by atoms with Crippen LogP contribution in [0.4, 0.5) is 10.1 Å². The second-order valence-corrected chi connectivity index (χ2v) is 5.44. The van der Waals surface area contributed by atoms with Crippen LogP contribution in [0, 0.1) is 36.4 Å². The summed E-state index contributed by atoms with van der Waals surface area (Å²) in [5.74, 6) is -2.32. The van der Waals surface area contributed by atoms with Gasteiger partial charge in [0.25, 0.3) is 5.69 Å². The largest absolute Gasteiger partial charge is 0.493 e. The number of halogens is 1. The molecule has 0 saturated heterocycles. The number of benzene rings is 1. The fourth-order valence-corrected chi connectivity index (χ4v) is 2.75. The van der Waals surface area contributed by atoms with Gasteiger partial charge in [-0.25, -0.2) is 15.8 Å². The molecule has 0 bridgehead atoms. The van der Waals surface area contributed by atoms with Crippen LogP contribution in [0.15, 0.2) is 10.6 Å². The lowest BCUT2D eigenvalue weighted by Gasteiger charge is -2.14. The zero-order chi connectivity index (χ0) is 20.3. The Morgan fingerprint density at radius 2 is 2.19 bits per heavy atom. The van der Waals surface area contributed by atoms with Crippen LogP contribution < -0.4 is 4.74 Å². The van der Waals surface area contributed by atoms with Crippen molar-refractivity contribution in [3.8, 4) is 16.9 Å². The summed E-state index contributed by atoms with van der Waals surface area (Å²) in [4.78, 5) is 25.8. The topological polar surface area (TPSA) is 109 Å². The number of methoxy groups -OCH3 is 1. The first-order chi connectivity index (χ1) is 12.8. The summed E-state index contributed by atoms with van der Waals surface area (Å²) in [6, 6.07) is -0.792. The maximum absolute atomic E-state index is 15.2. The van der Waals surface area contributed by atoms with Crippen molar-refractivity contribution < 1.29 is 28.1 Å². The van der Waals surface area contributed by atoms with Crippen molar-refractivity contribution in [1.29, 1.82) is 0 Å². The molecule has 0 spiro atoms. The van der Waals surface area contributed by atoms with E-state index < -0.39 is 34.0 Å². The van der Waals surface area contributed by atoms with Gasteiger partial charge >= 0.3 is 12.0 Å². The molecule has 0 aliphatic rings. The summed E-state index contributed by atoms with van der Waals surface area (Å²) in [5, 5.41) is 15.3. The van der Waals surface area contributed by atoms with Crippen LogP contribution in [0.1, 0.15) is 30.0 Å². The molecule has 0 saturated carbocycles. The number of nitrogens with zero attached hydrogens (tertiary/aromatic N) is 3. The summed E-state index contributed by atoms with van der Waals surface area (Å²) < 4.78 is 30.1. The second-order valence-electron chi connectivity index (χ2n) is 5.44. The molecule has 142 valence electrons. The van der Waals surface area contributed by atoms with Crippen molar-refractivity contribution in [2.24, 2.45) is 0 Å². The van der Waals surface area contributed by atoms with Crippen molar-refractivity contribution in [2.75, 3.05) is 13.7 Å². The Kier molecular flexibility index (Phi) is 5.75. The van der Waals surface area contributed by atoms with Gasteiger partial charge in [-0.2, -0.15) is 0 Å². The highest BCUT2D eigenvalue weighted by molar-refractivity contribution is 5.84. The summed E-state index contributed by atoms with van der Waals surface area (Å²) in [7, 11) is 1.17. The maximum atomic E-state index is 15.2. The Morgan fingerprint density at radius 1 is 1.52 bits per heavy atom. The molecule has 0 N–H and O–H groups in total. The lowest BCUT2D eigenvalue weighted by atomic mass is 9.96. The van der Waals surface area contributed by atoms with Gasteiger partial charge in [0, 0.05) is 11.6 Å². The van der Waals surface area contributed by atoms with E-state index in [4.69, 9.17) is 20.6 Å². The molecule has 0 fully saturated rings. The molecule has 1 aromatic carbocycles. The van der Waals surface area contributed by atoms with Gasteiger partial charge in [0.15, 0.2) is 17.1 Å². The second kappa shape index (κ2) is 7.82. The van der Waals surface area contributed by atoms with E-state index in [-0.39, 0.29) is 17.9 Å². The summed E-state index contributed by atoms with van der Waals surface area (Å²) in [5.41, 5.74) is -0.706. The van der Waals surface area contributed by atoms with Gasteiger partial charge in [-0.15, -0.1) is 0 Å². The zero-order valence-corrected chi connectivity index (χ0v) is 15.0. The van der Waals surface area contributed by atoms with Gasteiger partial charge in [-0.05, 0) is 20.8 Å². The molecule has 2 aromatic rings. The Hall–Kier alpha value is -3.48. The van der Waals surface area contributed by atoms with Crippen LogP contribution >= 0.6 is 0 Å². The number of nitro groups is 1. The van der Waals surface area contributed by atoms with E-state index in [0.717, 1.165) is 6.07 Å². The van der Waals surface area contributed by atoms with Crippen molar-refractivity contribution in [3.05, 3.63) is 50.4 Å². The van der Waals surface area contributed by atoms with Crippen molar-refractivity contribution in [2.45, 2.75) is 26.8 Å². The minimum absolute atomic E-state index is 0.0364. The van der Waals surface area contributed by atoms with E-state index in [1.165, 1.54) is 14.0 Å². The molecular weight excluding hydrogens is 361 g/mol. The first kappa shape index (κ1) is 19.8. The lowest BCUT2D eigenvalue weighted by Crippen LogP contribution is -2.16. The predicted molar refractivity (Wildman–Crippen MR) is 90.6 cm³/mol. The summed E-state index contributed by atoms with van der Waals surface area (Å²) >= 11 is 0. The van der Waals surface area contributed by atoms with E-state index >= 15 is 4.39 Å². The van der Waals surface area contributed by atoms with Gasteiger partial charge in [0.1, 0.15) is 5.76 Å². The molecule has 1 heterocycles.